The summed E-state index contributed by atoms with van der Waals surface area (Å²) in [6, 6.07) is 0. The van der Waals surface area contributed by atoms with Gasteiger partial charge in [-0.05, 0) is 69.1 Å². The lowest BCUT2D eigenvalue weighted by molar-refractivity contribution is -0.189. The van der Waals surface area contributed by atoms with Crippen molar-refractivity contribution in [1.82, 2.24) is 0 Å². The topological polar surface area (TPSA) is 63.6 Å². The normalized spacial score (nSPS) is 51.7. The Hall–Kier alpha value is -1.16. The second-order valence-electron chi connectivity index (χ2n) is 9.62. The van der Waals surface area contributed by atoms with E-state index in [9.17, 15) is 14.7 Å². The Labute approximate surface area is 150 Å². The van der Waals surface area contributed by atoms with Gasteiger partial charge in [0, 0.05) is 11.0 Å². The van der Waals surface area contributed by atoms with Gasteiger partial charge in [-0.1, -0.05) is 19.9 Å². The van der Waals surface area contributed by atoms with E-state index in [4.69, 9.17) is 4.74 Å². The summed E-state index contributed by atoms with van der Waals surface area (Å²) in [5, 5.41) is 10.9. The van der Waals surface area contributed by atoms with Crippen molar-refractivity contribution in [3.63, 3.8) is 0 Å². The van der Waals surface area contributed by atoms with E-state index >= 15 is 0 Å². The number of hydrogen-bond donors (Lipinski definition) is 1. The maximum atomic E-state index is 13.2. The van der Waals surface area contributed by atoms with Crippen LogP contribution in [-0.2, 0) is 14.3 Å². The standard InChI is InChI=1S/C21H30O4/c1-13-16(22)20-10-6-14-18(2,15(20)7-11-21(13,24)12-20)8-5-9-19(14,3)17(23)25-4/h14-15,24H,1,5-12H2,2-4H3/t14-,15?,18?,19?,20?,21?/m0/s1. The van der Waals surface area contributed by atoms with Crippen molar-refractivity contribution < 1.29 is 19.4 Å². The van der Waals surface area contributed by atoms with Crippen LogP contribution in [0.1, 0.15) is 65.2 Å². The molecule has 25 heavy (non-hydrogen) atoms. The van der Waals surface area contributed by atoms with E-state index in [-0.39, 0.29) is 29.0 Å². The van der Waals surface area contributed by atoms with E-state index in [1.165, 1.54) is 7.11 Å². The SMILES string of the molecule is C=C1C(=O)C23CC[C@@H]4C(C)(C(=O)OC)CCCC4(C)C2CCC1(O)C3. The number of carbonyl (C=O) groups excluding carboxylic acids is 2. The van der Waals surface area contributed by atoms with Crippen LogP contribution in [0, 0.1) is 28.1 Å². The zero-order valence-electron chi connectivity index (χ0n) is 15.7. The predicted molar refractivity (Wildman–Crippen MR) is 93.7 cm³/mol. The molecule has 4 heteroatoms. The number of Topliss-reactive ketones (excluding diaryl/α,β-unsaturated/α-hetero) is 1. The first-order chi connectivity index (χ1) is 11.6. The average molecular weight is 346 g/mol. The average Bonchev–Trinajstić information content (AvgIpc) is 2.71. The third kappa shape index (κ3) is 1.87. The predicted octanol–water partition coefficient (Wildman–Crippen LogP) is 3.42. The van der Waals surface area contributed by atoms with Crippen LogP contribution in [0.4, 0.5) is 0 Å². The largest absolute Gasteiger partial charge is 0.469 e. The van der Waals surface area contributed by atoms with Gasteiger partial charge < -0.3 is 9.84 Å². The van der Waals surface area contributed by atoms with E-state index in [0.717, 1.165) is 38.5 Å². The molecule has 138 valence electrons. The number of carbonyl (C=O) groups is 2. The molecule has 1 N–H and O–H groups in total. The molecule has 4 aliphatic carbocycles. The van der Waals surface area contributed by atoms with Gasteiger partial charge in [-0.25, -0.2) is 0 Å². The van der Waals surface area contributed by atoms with Crippen LogP contribution >= 0.6 is 0 Å². The van der Waals surface area contributed by atoms with Crippen LogP contribution in [0.15, 0.2) is 12.2 Å². The maximum absolute atomic E-state index is 13.2. The fourth-order valence-electron chi connectivity index (χ4n) is 7.60. The molecular weight excluding hydrogens is 316 g/mol. The van der Waals surface area contributed by atoms with Gasteiger partial charge in [-0.3, -0.25) is 9.59 Å². The molecule has 0 heterocycles. The molecule has 0 aromatic rings. The molecule has 6 atom stereocenters. The van der Waals surface area contributed by atoms with Crippen molar-refractivity contribution in [2.75, 3.05) is 7.11 Å². The third-order valence-electron chi connectivity index (χ3n) is 8.71. The smallest absolute Gasteiger partial charge is 0.311 e. The fourth-order valence-corrected chi connectivity index (χ4v) is 7.60. The van der Waals surface area contributed by atoms with Crippen molar-refractivity contribution >= 4 is 11.8 Å². The summed E-state index contributed by atoms with van der Waals surface area (Å²) in [6.07, 6.45) is 6.55. The Morgan fingerprint density at radius 1 is 1.16 bits per heavy atom. The molecule has 0 radical (unpaired) electrons. The van der Waals surface area contributed by atoms with Gasteiger partial charge in [0.2, 0.25) is 0 Å². The van der Waals surface area contributed by atoms with Gasteiger partial charge in [0.25, 0.3) is 0 Å². The maximum Gasteiger partial charge on any atom is 0.311 e. The molecule has 0 aromatic heterocycles. The molecule has 2 bridgehead atoms. The third-order valence-corrected chi connectivity index (χ3v) is 8.71. The number of fused-ring (bicyclic) bond motifs is 3. The number of ketones is 1. The molecule has 4 aliphatic rings. The molecule has 0 saturated heterocycles. The van der Waals surface area contributed by atoms with E-state index in [2.05, 4.69) is 20.4 Å². The number of ether oxygens (including phenoxy) is 1. The highest BCUT2D eigenvalue weighted by atomic mass is 16.5. The molecule has 0 aliphatic heterocycles. The van der Waals surface area contributed by atoms with Crippen LogP contribution in [0.2, 0.25) is 0 Å². The summed E-state index contributed by atoms with van der Waals surface area (Å²) in [6.45, 7) is 8.32. The highest BCUT2D eigenvalue weighted by molar-refractivity contribution is 6.04. The van der Waals surface area contributed by atoms with Crippen LogP contribution in [0.3, 0.4) is 0 Å². The molecular formula is C21H30O4. The Balaban J connectivity index is 1.78. The Morgan fingerprint density at radius 2 is 1.84 bits per heavy atom. The molecule has 0 amide bonds. The number of rotatable bonds is 1. The Bertz CT molecular complexity index is 669. The monoisotopic (exact) mass is 346 g/mol. The Kier molecular flexibility index (Phi) is 3.43. The zero-order chi connectivity index (χ0) is 18.3. The summed E-state index contributed by atoms with van der Waals surface area (Å²) in [7, 11) is 1.48. The van der Waals surface area contributed by atoms with Gasteiger partial charge in [0.05, 0.1) is 18.1 Å². The summed E-state index contributed by atoms with van der Waals surface area (Å²) in [4.78, 5) is 25.8. The first kappa shape index (κ1) is 17.3. The van der Waals surface area contributed by atoms with Gasteiger partial charge in [-0.2, -0.15) is 0 Å². The minimum absolute atomic E-state index is 0.0545. The Morgan fingerprint density at radius 3 is 2.52 bits per heavy atom. The number of aliphatic hydroxyl groups is 1. The van der Waals surface area contributed by atoms with E-state index in [1.807, 2.05) is 0 Å². The van der Waals surface area contributed by atoms with E-state index in [0.29, 0.717) is 18.4 Å². The number of esters is 1. The lowest BCUT2D eigenvalue weighted by Crippen LogP contribution is -2.60. The minimum Gasteiger partial charge on any atom is -0.469 e. The van der Waals surface area contributed by atoms with Crippen LogP contribution in [0.25, 0.3) is 0 Å². The molecule has 4 rings (SSSR count). The highest BCUT2D eigenvalue weighted by Crippen LogP contribution is 2.71. The molecule has 1 spiro atoms. The van der Waals surface area contributed by atoms with Crippen molar-refractivity contribution in [2.45, 2.75) is 70.8 Å². The van der Waals surface area contributed by atoms with Crippen LogP contribution in [0.5, 0.6) is 0 Å². The highest BCUT2D eigenvalue weighted by Gasteiger charge is 2.71. The summed E-state index contributed by atoms with van der Waals surface area (Å²) in [5.41, 5.74) is -1.53. The quantitative estimate of drug-likeness (QED) is 0.584. The summed E-state index contributed by atoms with van der Waals surface area (Å²) < 4.78 is 5.18. The first-order valence-corrected chi connectivity index (χ1v) is 9.69. The number of hydrogen-bond acceptors (Lipinski definition) is 4. The van der Waals surface area contributed by atoms with Crippen LogP contribution in [-0.4, -0.2) is 29.6 Å². The second kappa shape index (κ2) is 4.97. The van der Waals surface area contributed by atoms with Gasteiger partial charge >= 0.3 is 5.97 Å². The van der Waals surface area contributed by atoms with Gasteiger partial charge in [0.1, 0.15) is 0 Å². The fraction of sp³-hybridized carbons (Fsp3) is 0.810. The lowest BCUT2D eigenvalue weighted by atomic mass is 9.40. The lowest BCUT2D eigenvalue weighted by Gasteiger charge is -2.63. The minimum atomic E-state index is -0.989. The zero-order valence-corrected chi connectivity index (χ0v) is 15.7. The molecule has 5 unspecified atom stereocenters. The number of methoxy groups -OCH3 is 1. The van der Waals surface area contributed by atoms with Crippen molar-refractivity contribution in [1.29, 1.82) is 0 Å². The van der Waals surface area contributed by atoms with E-state index < -0.39 is 16.4 Å². The summed E-state index contributed by atoms with van der Waals surface area (Å²) in [5.74, 6) is 0.469. The van der Waals surface area contributed by atoms with Crippen molar-refractivity contribution in [2.24, 2.45) is 28.1 Å². The van der Waals surface area contributed by atoms with Crippen molar-refractivity contribution in [3.8, 4) is 0 Å². The molecule has 0 aromatic carbocycles. The molecule has 4 nitrogen and oxygen atoms in total. The van der Waals surface area contributed by atoms with Gasteiger partial charge in [0.15, 0.2) is 5.78 Å². The second-order valence-corrected chi connectivity index (χ2v) is 9.62. The summed E-state index contributed by atoms with van der Waals surface area (Å²) >= 11 is 0. The first-order valence-electron chi connectivity index (χ1n) is 9.69. The van der Waals surface area contributed by atoms with Gasteiger partial charge in [-0.15, -0.1) is 0 Å². The molecule has 4 saturated carbocycles. The molecule has 4 fully saturated rings. The van der Waals surface area contributed by atoms with Crippen molar-refractivity contribution in [3.05, 3.63) is 12.2 Å². The van der Waals surface area contributed by atoms with E-state index in [1.54, 1.807) is 0 Å². The van der Waals surface area contributed by atoms with Crippen LogP contribution < -0.4 is 0 Å².